The summed E-state index contributed by atoms with van der Waals surface area (Å²) in [6.45, 7) is 0.920. The molecule has 1 aliphatic rings. The Bertz CT molecular complexity index is 1230. The van der Waals surface area contributed by atoms with E-state index < -0.39 is 11.9 Å². The summed E-state index contributed by atoms with van der Waals surface area (Å²) in [5.41, 5.74) is 3.98. The molecule has 9 heteroatoms. The molecule has 0 bridgehead atoms. The maximum absolute atomic E-state index is 12.5. The molecule has 0 spiro atoms. The molecule has 0 aliphatic carbocycles. The van der Waals surface area contributed by atoms with E-state index in [9.17, 15) is 9.59 Å². The lowest BCUT2D eigenvalue weighted by molar-refractivity contribution is 0.0728. The Morgan fingerprint density at radius 1 is 1.00 bits per heavy atom. The van der Waals surface area contributed by atoms with Gasteiger partial charge in [0.2, 0.25) is 0 Å². The zero-order chi connectivity index (χ0) is 23.2. The van der Waals surface area contributed by atoms with Gasteiger partial charge in [-0.25, -0.2) is 10.2 Å². The number of esters is 1. The van der Waals surface area contributed by atoms with Crippen LogP contribution in [-0.4, -0.2) is 38.4 Å². The van der Waals surface area contributed by atoms with Crippen molar-refractivity contribution in [3.05, 3.63) is 80.9 Å². The lowest BCUT2D eigenvalue weighted by Crippen LogP contribution is -2.19. The Morgan fingerprint density at radius 2 is 1.79 bits per heavy atom. The van der Waals surface area contributed by atoms with Crippen LogP contribution in [-0.2, 0) is 0 Å². The topological polar surface area (TPSA) is 95.5 Å². The van der Waals surface area contributed by atoms with Crippen LogP contribution in [0.3, 0.4) is 0 Å². The molecule has 1 amide bonds. The van der Waals surface area contributed by atoms with Gasteiger partial charge in [0.15, 0.2) is 23.0 Å². The molecule has 1 aliphatic heterocycles. The van der Waals surface area contributed by atoms with Crippen molar-refractivity contribution in [1.82, 2.24) is 5.43 Å². The fourth-order valence-electron chi connectivity index (χ4n) is 3.04. The highest BCUT2D eigenvalue weighted by Crippen LogP contribution is 2.31. The Morgan fingerprint density at radius 3 is 2.58 bits per heavy atom. The number of nitrogens with zero attached hydrogens (tertiary/aromatic N) is 1. The van der Waals surface area contributed by atoms with Gasteiger partial charge in [-0.2, -0.15) is 5.10 Å². The fourth-order valence-corrected chi connectivity index (χ4v) is 3.65. The summed E-state index contributed by atoms with van der Waals surface area (Å²) in [4.78, 5) is 24.9. The summed E-state index contributed by atoms with van der Waals surface area (Å²) in [7, 11) is 1.48. The molecule has 4 rings (SSSR count). The number of carbonyl (C=O) groups excluding carboxylic acids is 2. The van der Waals surface area contributed by atoms with Crippen molar-refractivity contribution in [1.29, 1.82) is 0 Å². The highest BCUT2D eigenvalue weighted by molar-refractivity contribution is 14.1. The standard InChI is InChI=1S/C24H19IN2O6/c1-30-21-12-15(6-8-20(21)33-24(29)17-4-2-3-5-18(17)25)14-26-27-23(28)16-7-9-19-22(13-16)32-11-10-31-19/h2-9,12-14H,10-11H2,1H3,(H,27,28)/b26-14-. The van der Waals surface area contributed by atoms with Crippen LogP contribution in [0.15, 0.2) is 65.8 Å². The Labute approximate surface area is 203 Å². The molecular formula is C24H19IN2O6. The summed E-state index contributed by atoms with van der Waals surface area (Å²) >= 11 is 2.08. The van der Waals surface area contributed by atoms with Crippen LogP contribution in [0.25, 0.3) is 0 Å². The number of halogens is 1. The number of rotatable bonds is 6. The van der Waals surface area contributed by atoms with E-state index in [-0.39, 0.29) is 5.75 Å². The lowest BCUT2D eigenvalue weighted by Gasteiger charge is -2.18. The number of fused-ring (bicyclic) bond motifs is 1. The number of carbonyl (C=O) groups is 2. The average Bonchev–Trinajstić information content (AvgIpc) is 2.84. The normalized spacial score (nSPS) is 12.3. The van der Waals surface area contributed by atoms with Gasteiger partial charge in [-0.05, 0) is 76.7 Å². The summed E-state index contributed by atoms with van der Waals surface area (Å²) < 4.78 is 22.6. The zero-order valence-electron chi connectivity index (χ0n) is 17.5. The van der Waals surface area contributed by atoms with Crippen molar-refractivity contribution >= 4 is 40.7 Å². The molecule has 3 aromatic rings. The minimum Gasteiger partial charge on any atom is -0.493 e. The quantitative estimate of drug-likeness (QED) is 0.161. The summed E-state index contributed by atoms with van der Waals surface area (Å²) in [5.74, 6) is 0.898. The molecule has 0 radical (unpaired) electrons. The van der Waals surface area contributed by atoms with E-state index in [1.165, 1.54) is 13.3 Å². The lowest BCUT2D eigenvalue weighted by atomic mass is 10.2. The highest BCUT2D eigenvalue weighted by Gasteiger charge is 2.16. The van der Waals surface area contributed by atoms with Gasteiger partial charge < -0.3 is 18.9 Å². The zero-order valence-corrected chi connectivity index (χ0v) is 19.7. The van der Waals surface area contributed by atoms with Gasteiger partial charge >= 0.3 is 5.97 Å². The number of ether oxygens (including phenoxy) is 4. The van der Waals surface area contributed by atoms with E-state index in [0.717, 1.165) is 3.57 Å². The van der Waals surface area contributed by atoms with Crippen molar-refractivity contribution in [2.24, 2.45) is 5.10 Å². The first-order valence-electron chi connectivity index (χ1n) is 9.93. The second kappa shape index (κ2) is 10.3. The molecule has 3 aromatic carbocycles. The number of nitrogens with one attached hydrogen (secondary N) is 1. The first-order chi connectivity index (χ1) is 16.0. The highest BCUT2D eigenvalue weighted by atomic mass is 127. The van der Waals surface area contributed by atoms with E-state index in [4.69, 9.17) is 18.9 Å². The third-order valence-corrected chi connectivity index (χ3v) is 5.61. The van der Waals surface area contributed by atoms with Gasteiger partial charge in [0.1, 0.15) is 13.2 Å². The van der Waals surface area contributed by atoms with Gasteiger partial charge in [0.25, 0.3) is 5.91 Å². The third-order valence-electron chi connectivity index (χ3n) is 4.67. The van der Waals surface area contributed by atoms with Gasteiger partial charge in [-0.1, -0.05) is 12.1 Å². The molecule has 0 unspecified atom stereocenters. The van der Waals surface area contributed by atoms with E-state index in [1.54, 1.807) is 48.5 Å². The number of hydrogen-bond acceptors (Lipinski definition) is 7. The average molecular weight is 558 g/mol. The molecule has 33 heavy (non-hydrogen) atoms. The summed E-state index contributed by atoms with van der Waals surface area (Å²) in [6, 6.07) is 17.0. The molecule has 8 nitrogen and oxygen atoms in total. The predicted octanol–water partition coefficient (Wildman–Crippen LogP) is 4.05. The predicted molar refractivity (Wildman–Crippen MR) is 130 cm³/mol. The SMILES string of the molecule is COc1cc(/C=N\NC(=O)c2ccc3c(c2)OCCO3)ccc1OC(=O)c1ccccc1I. The maximum atomic E-state index is 12.5. The molecule has 1 N–H and O–H groups in total. The number of hydrazone groups is 1. The Kier molecular flexibility index (Phi) is 7.08. The maximum Gasteiger partial charge on any atom is 0.344 e. The van der Waals surface area contributed by atoms with E-state index in [0.29, 0.717) is 47.2 Å². The van der Waals surface area contributed by atoms with Crippen molar-refractivity contribution in [3.8, 4) is 23.0 Å². The summed E-state index contributed by atoms with van der Waals surface area (Å²) in [6.07, 6.45) is 1.46. The molecule has 0 atom stereocenters. The Balaban J connectivity index is 1.42. The van der Waals surface area contributed by atoms with Crippen LogP contribution < -0.4 is 24.4 Å². The van der Waals surface area contributed by atoms with E-state index in [2.05, 4.69) is 33.1 Å². The van der Waals surface area contributed by atoms with Crippen molar-refractivity contribution in [2.75, 3.05) is 20.3 Å². The first-order valence-corrected chi connectivity index (χ1v) is 11.0. The van der Waals surface area contributed by atoms with Crippen molar-refractivity contribution in [3.63, 3.8) is 0 Å². The second-order valence-corrected chi connectivity index (χ2v) is 8.00. The molecule has 0 saturated carbocycles. The second-order valence-electron chi connectivity index (χ2n) is 6.84. The molecule has 0 aromatic heterocycles. The van der Waals surface area contributed by atoms with Gasteiger partial charge in [0, 0.05) is 9.13 Å². The summed E-state index contributed by atoms with van der Waals surface area (Å²) in [5, 5.41) is 3.99. The smallest absolute Gasteiger partial charge is 0.344 e. The molecule has 0 fully saturated rings. The van der Waals surface area contributed by atoms with Crippen LogP contribution in [0.5, 0.6) is 23.0 Å². The van der Waals surface area contributed by atoms with Crippen LogP contribution in [0.1, 0.15) is 26.3 Å². The first kappa shape index (κ1) is 22.6. The molecular weight excluding hydrogens is 539 g/mol. The monoisotopic (exact) mass is 558 g/mol. The van der Waals surface area contributed by atoms with E-state index in [1.807, 2.05) is 12.1 Å². The fraction of sp³-hybridized carbons (Fsp3) is 0.125. The van der Waals surface area contributed by atoms with Gasteiger partial charge in [0.05, 0.1) is 18.9 Å². The van der Waals surface area contributed by atoms with Gasteiger partial charge in [-0.3, -0.25) is 4.79 Å². The molecule has 0 saturated heterocycles. The number of benzene rings is 3. The number of methoxy groups -OCH3 is 1. The third kappa shape index (κ3) is 5.43. The van der Waals surface area contributed by atoms with Gasteiger partial charge in [-0.15, -0.1) is 0 Å². The Hall–Kier alpha value is -3.60. The van der Waals surface area contributed by atoms with Crippen molar-refractivity contribution < 1.29 is 28.5 Å². The molecule has 168 valence electrons. The minimum atomic E-state index is -0.480. The van der Waals surface area contributed by atoms with Crippen LogP contribution in [0.4, 0.5) is 0 Å². The number of hydrogen-bond donors (Lipinski definition) is 1. The van der Waals surface area contributed by atoms with Crippen LogP contribution in [0.2, 0.25) is 0 Å². The van der Waals surface area contributed by atoms with Crippen molar-refractivity contribution in [2.45, 2.75) is 0 Å². The number of amides is 1. The van der Waals surface area contributed by atoms with Crippen LogP contribution in [0, 0.1) is 3.57 Å². The van der Waals surface area contributed by atoms with Crippen LogP contribution >= 0.6 is 22.6 Å². The molecule has 1 heterocycles. The minimum absolute atomic E-state index is 0.277. The van der Waals surface area contributed by atoms with E-state index >= 15 is 0 Å². The largest absolute Gasteiger partial charge is 0.493 e.